The lowest BCUT2D eigenvalue weighted by molar-refractivity contribution is 0.267. The van der Waals surface area contributed by atoms with Gasteiger partial charge in [-0.3, -0.25) is 4.72 Å². The van der Waals surface area contributed by atoms with Gasteiger partial charge in [-0.1, -0.05) is 17.7 Å². The maximum Gasteiger partial charge on any atom is 0.261 e. The van der Waals surface area contributed by atoms with Crippen molar-refractivity contribution in [3.05, 3.63) is 47.5 Å². The zero-order valence-corrected chi connectivity index (χ0v) is 15.1. The molecule has 2 aromatic rings. The lowest BCUT2D eigenvalue weighted by Crippen LogP contribution is -2.20. The average Bonchev–Trinajstić information content (AvgIpc) is 2.60. The van der Waals surface area contributed by atoms with Gasteiger partial charge in [-0.2, -0.15) is 0 Å². The average molecular weight is 366 g/mol. The normalized spacial score (nSPS) is 12.5. The van der Waals surface area contributed by atoms with E-state index in [4.69, 9.17) is 15.2 Å². The van der Waals surface area contributed by atoms with Crippen LogP contribution >= 0.6 is 0 Å². The summed E-state index contributed by atoms with van der Waals surface area (Å²) in [6.45, 7) is 1.52. The number of ether oxygens (including phenoxy) is 2. The minimum atomic E-state index is -3.82. The van der Waals surface area contributed by atoms with E-state index in [0.29, 0.717) is 17.1 Å². The molecule has 4 N–H and O–H groups in total. The van der Waals surface area contributed by atoms with E-state index in [2.05, 4.69) is 4.72 Å². The molecule has 0 heterocycles. The Morgan fingerprint density at radius 1 is 1.12 bits per heavy atom. The first-order chi connectivity index (χ1) is 11.8. The molecule has 136 valence electrons. The quantitative estimate of drug-likeness (QED) is 0.689. The standard InChI is InChI=1S/C17H22N2O5S/c1-11-4-6-12(7-5-11)25(21,22)19-15-9-17(24-3)16(23-2)8-13(15)14(18)10-20/h4-9,14,19-20H,10,18H2,1-3H3/t14-/m0/s1. The largest absolute Gasteiger partial charge is 0.493 e. The third-order valence-electron chi connectivity index (χ3n) is 3.73. The Labute approximate surface area is 147 Å². The van der Waals surface area contributed by atoms with Crippen molar-refractivity contribution < 1.29 is 23.0 Å². The van der Waals surface area contributed by atoms with Crippen LogP contribution in [-0.4, -0.2) is 34.4 Å². The first-order valence-corrected chi connectivity index (χ1v) is 9.02. The summed E-state index contributed by atoms with van der Waals surface area (Å²) < 4.78 is 38.2. The molecule has 0 amide bonds. The molecule has 0 spiro atoms. The van der Waals surface area contributed by atoms with Crippen LogP contribution in [0, 0.1) is 6.92 Å². The van der Waals surface area contributed by atoms with Crippen LogP contribution in [0.25, 0.3) is 0 Å². The first-order valence-electron chi connectivity index (χ1n) is 7.54. The van der Waals surface area contributed by atoms with Crippen LogP contribution in [0.3, 0.4) is 0 Å². The molecule has 0 saturated heterocycles. The highest BCUT2D eigenvalue weighted by atomic mass is 32.2. The molecule has 25 heavy (non-hydrogen) atoms. The Balaban J connectivity index is 2.51. The number of hydrogen-bond acceptors (Lipinski definition) is 6. The number of sulfonamides is 1. The summed E-state index contributed by atoms with van der Waals surface area (Å²) in [5, 5.41) is 9.37. The van der Waals surface area contributed by atoms with Crippen LogP contribution in [0.2, 0.25) is 0 Å². The number of nitrogens with two attached hydrogens (primary N) is 1. The number of rotatable bonds is 7. The van der Waals surface area contributed by atoms with E-state index in [9.17, 15) is 13.5 Å². The number of aryl methyl sites for hydroxylation is 1. The summed E-state index contributed by atoms with van der Waals surface area (Å²) in [4.78, 5) is 0.122. The highest BCUT2D eigenvalue weighted by Crippen LogP contribution is 2.36. The SMILES string of the molecule is COc1cc(NS(=O)(=O)c2ccc(C)cc2)c([C@@H](N)CO)cc1OC. The molecule has 0 fully saturated rings. The van der Waals surface area contributed by atoms with Crippen molar-refractivity contribution in [1.82, 2.24) is 0 Å². The number of aliphatic hydroxyl groups excluding tert-OH is 1. The van der Waals surface area contributed by atoms with Gasteiger partial charge >= 0.3 is 0 Å². The van der Waals surface area contributed by atoms with Gasteiger partial charge in [0, 0.05) is 6.07 Å². The van der Waals surface area contributed by atoms with Crippen molar-refractivity contribution in [1.29, 1.82) is 0 Å². The Morgan fingerprint density at radius 3 is 2.20 bits per heavy atom. The predicted molar refractivity (Wildman–Crippen MR) is 95.5 cm³/mol. The molecule has 1 atom stereocenters. The van der Waals surface area contributed by atoms with Crippen molar-refractivity contribution in [2.75, 3.05) is 25.5 Å². The molecule has 0 aliphatic heterocycles. The zero-order chi connectivity index (χ0) is 18.6. The van der Waals surface area contributed by atoms with Gasteiger partial charge in [0.1, 0.15) is 0 Å². The van der Waals surface area contributed by atoms with Crippen LogP contribution in [0.5, 0.6) is 11.5 Å². The number of hydrogen-bond donors (Lipinski definition) is 3. The molecule has 7 nitrogen and oxygen atoms in total. The second-order valence-corrected chi connectivity index (χ2v) is 7.18. The van der Waals surface area contributed by atoms with Crippen LogP contribution in [0.1, 0.15) is 17.2 Å². The minimum absolute atomic E-state index is 0.122. The molecule has 0 aliphatic carbocycles. The van der Waals surface area contributed by atoms with Crippen LogP contribution < -0.4 is 19.9 Å². The highest BCUT2D eigenvalue weighted by Gasteiger charge is 2.21. The van der Waals surface area contributed by atoms with Crippen molar-refractivity contribution in [3.63, 3.8) is 0 Å². The Bertz CT molecular complexity index is 835. The molecule has 0 unspecified atom stereocenters. The second-order valence-electron chi connectivity index (χ2n) is 5.50. The molecule has 0 saturated carbocycles. The van der Waals surface area contributed by atoms with E-state index in [1.54, 1.807) is 18.2 Å². The van der Waals surface area contributed by atoms with Gasteiger partial charge < -0.3 is 20.3 Å². The van der Waals surface area contributed by atoms with Crippen molar-refractivity contribution in [2.45, 2.75) is 17.9 Å². The Hall–Kier alpha value is -2.29. The van der Waals surface area contributed by atoms with Gasteiger partial charge in [0.25, 0.3) is 10.0 Å². The first kappa shape index (κ1) is 19.0. The fraction of sp³-hybridized carbons (Fsp3) is 0.294. The molecule has 2 aromatic carbocycles. The van der Waals surface area contributed by atoms with E-state index >= 15 is 0 Å². The molecule has 8 heteroatoms. The lowest BCUT2D eigenvalue weighted by Gasteiger charge is -2.19. The number of methoxy groups -OCH3 is 2. The summed E-state index contributed by atoms with van der Waals surface area (Å²) in [5.74, 6) is 0.734. The minimum Gasteiger partial charge on any atom is -0.493 e. The van der Waals surface area contributed by atoms with Crippen LogP contribution in [0.15, 0.2) is 41.3 Å². The summed E-state index contributed by atoms with van der Waals surface area (Å²) >= 11 is 0. The number of benzene rings is 2. The smallest absolute Gasteiger partial charge is 0.261 e. The van der Waals surface area contributed by atoms with E-state index in [1.807, 2.05) is 6.92 Å². The summed E-state index contributed by atoms with van der Waals surface area (Å²) in [5.41, 5.74) is 7.48. The van der Waals surface area contributed by atoms with Gasteiger partial charge in [0.15, 0.2) is 11.5 Å². The molecule has 0 radical (unpaired) electrons. The van der Waals surface area contributed by atoms with Gasteiger partial charge in [0.05, 0.1) is 37.5 Å². The van der Waals surface area contributed by atoms with Gasteiger partial charge in [-0.25, -0.2) is 8.42 Å². The fourth-order valence-corrected chi connectivity index (χ4v) is 3.39. The van der Waals surface area contributed by atoms with Gasteiger partial charge in [0.2, 0.25) is 0 Å². The van der Waals surface area contributed by atoms with E-state index in [1.165, 1.54) is 32.4 Å². The van der Waals surface area contributed by atoms with E-state index < -0.39 is 16.1 Å². The number of anilines is 1. The van der Waals surface area contributed by atoms with Crippen molar-refractivity contribution in [2.24, 2.45) is 5.73 Å². The van der Waals surface area contributed by atoms with Gasteiger partial charge in [-0.15, -0.1) is 0 Å². The third kappa shape index (κ3) is 4.22. The Kier molecular flexibility index (Phi) is 5.89. The lowest BCUT2D eigenvalue weighted by atomic mass is 10.1. The Morgan fingerprint density at radius 2 is 1.68 bits per heavy atom. The predicted octanol–water partition coefficient (Wildman–Crippen LogP) is 1.81. The molecular weight excluding hydrogens is 344 g/mol. The topological polar surface area (TPSA) is 111 Å². The van der Waals surface area contributed by atoms with Crippen molar-refractivity contribution >= 4 is 15.7 Å². The molecule has 0 aliphatic rings. The molecule has 2 rings (SSSR count). The number of nitrogens with one attached hydrogen (secondary N) is 1. The maximum absolute atomic E-state index is 12.6. The fourth-order valence-electron chi connectivity index (χ4n) is 2.31. The zero-order valence-electron chi connectivity index (χ0n) is 14.3. The summed E-state index contributed by atoms with van der Waals surface area (Å²) in [6, 6.07) is 8.71. The molecule has 0 bridgehead atoms. The summed E-state index contributed by atoms with van der Waals surface area (Å²) in [7, 11) is -0.916. The number of aliphatic hydroxyl groups is 1. The second kappa shape index (κ2) is 7.73. The molecule has 0 aromatic heterocycles. The van der Waals surface area contributed by atoms with E-state index in [-0.39, 0.29) is 17.2 Å². The summed E-state index contributed by atoms with van der Waals surface area (Å²) in [6.07, 6.45) is 0. The van der Waals surface area contributed by atoms with E-state index in [0.717, 1.165) is 5.56 Å². The van der Waals surface area contributed by atoms with Crippen LogP contribution in [0.4, 0.5) is 5.69 Å². The molecular formula is C17H22N2O5S. The van der Waals surface area contributed by atoms with Crippen molar-refractivity contribution in [3.8, 4) is 11.5 Å². The maximum atomic E-state index is 12.6. The van der Waals surface area contributed by atoms with Gasteiger partial charge in [-0.05, 0) is 30.7 Å². The monoisotopic (exact) mass is 366 g/mol. The highest BCUT2D eigenvalue weighted by molar-refractivity contribution is 7.92. The van der Waals surface area contributed by atoms with Crippen LogP contribution in [-0.2, 0) is 10.0 Å². The third-order valence-corrected chi connectivity index (χ3v) is 5.11.